The maximum atomic E-state index is 12.0. The van der Waals surface area contributed by atoms with Crippen LogP contribution in [0, 0.1) is 11.3 Å². The fraction of sp³-hybridized carbons (Fsp3) is 0.389. The number of nitrogens with zero attached hydrogens (tertiary/aromatic N) is 3. The first-order chi connectivity index (χ1) is 12.0. The number of aliphatic carboxylic acids is 1. The molecule has 1 aromatic carbocycles. The van der Waals surface area contributed by atoms with Crippen LogP contribution in [-0.2, 0) is 16.1 Å². The highest BCUT2D eigenvalue weighted by atomic mass is 16.4. The van der Waals surface area contributed by atoms with Crippen molar-refractivity contribution in [2.75, 3.05) is 26.2 Å². The van der Waals surface area contributed by atoms with E-state index in [-0.39, 0.29) is 5.57 Å². The van der Waals surface area contributed by atoms with Crippen molar-refractivity contribution in [3.63, 3.8) is 0 Å². The molecule has 0 bridgehead atoms. The second-order valence-corrected chi connectivity index (χ2v) is 5.99. The van der Waals surface area contributed by atoms with Crippen LogP contribution < -0.4 is 5.32 Å². The first-order valence-electron chi connectivity index (χ1n) is 8.15. The Balaban J connectivity index is 1.88. The van der Waals surface area contributed by atoms with Crippen molar-refractivity contribution in [2.24, 2.45) is 0 Å². The van der Waals surface area contributed by atoms with Crippen LogP contribution in [0.4, 0.5) is 0 Å². The summed E-state index contributed by atoms with van der Waals surface area (Å²) in [5, 5.41) is 20.3. The summed E-state index contributed by atoms with van der Waals surface area (Å²) in [4.78, 5) is 27.0. The summed E-state index contributed by atoms with van der Waals surface area (Å²) in [6, 6.07) is 11.0. The monoisotopic (exact) mass is 342 g/mol. The Bertz CT molecular complexity index is 673. The van der Waals surface area contributed by atoms with Crippen molar-refractivity contribution in [3.8, 4) is 6.07 Å². The van der Waals surface area contributed by atoms with Crippen LogP contribution in [0.2, 0.25) is 0 Å². The molecule has 1 aromatic rings. The summed E-state index contributed by atoms with van der Waals surface area (Å²) in [6.45, 7) is 5.31. The van der Waals surface area contributed by atoms with Gasteiger partial charge in [-0.25, -0.2) is 0 Å². The second-order valence-electron chi connectivity index (χ2n) is 5.99. The zero-order valence-corrected chi connectivity index (χ0v) is 14.2. The van der Waals surface area contributed by atoms with Gasteiger partial charge in [-0.1, -0.05) is 30.3 Å². The number of rotatable bonds is 6. The van der Waals surface area contributed by atoms with Crippen LogP contribution in [0.25, 0.3) is 0 Å². The Kier molecular flexibility index (Phi) is 6.54. The fourth-order valence-electron chi connectivity index (χ4n) is 2.55. The molecule has 2 N–H and O–H groups in total. The van der Waals surface area contributed by atoms with Crippen LogP contribution in [0.15, 0.2) is 42.1 Å². The van der Waals surface area contributed by atoms with E-state index in [1.54, 1.807) is 0 Å². The van der Waals surface area contributed by atoms with Crippen molar-refractivity contribution < 1.29 is 14.7 Å². The van der Waals surface area contributed by atoms with Crippen LogP contribution in [0.5, 0.6) is 0 Å². The van der Waals surface area contributed by atoms with E-state index in [0.29, 0.717) is 13.1 Å². The number of piperazine rings is 1. The molecule has 1 heterocycles. The van der Waals surface area contributed by atoms with Gasteiger partial charge in [0.05, 0.1) is 0 Å². The van der Waals surface area contributed by atoms with E-state index >= 15 is 0 Å². The molecule has 1 aliphatic heterocycles. The molecule has 25 heavy (non-hydrogen) atoms. The summed E-state index contributed by atoms with van der Waals surface area (Å²) < 4.78 is 0. The fourth-order valence-corrected chi connectivity index (χ4v) is 2.55. The quantitative estimate of drug-likeness (QED) is 0.586. The smallest absolute Gasteiger partial charge is 0.325 e. The molecule has 1 amide bonds. The average molecular weight is 342 g/mol. The normalized spacial score (nSPS) is 16.8. The Hall–Kier alpha value is -2.85. The molecule has 0 aliphatic carbocycles. The van der Waals surface area contributed by atoms with E-state index in [2.05, 4.69) is 22.3 Å². The van der Waals surface area contributed by atoms with Gasteiger partial charge in [0.2, 0.25) is 0 Å². The molecule has 0 spiro atoms. The molecular weight excluding hydrogens is 320 g/mol. The van der Waals surface area contributed by atoms with Gasteiger partial charge in [0, 0.05) is 38.9 Å². The van der Waals surface area contributed by atoms with E-state index in [1.165, 1.54) is 18.7 Å². The first-order valence-corrected chi connectivity index (χ1v) is 8.15. The van der Waals surface area contributed by atoms with Gasteiger partial charge in [-0.3, -0.25) is 14.5 Å². The molecule has 2 rings (SSSR count). The first kappa shape index (κ1) is 18.5. The third kappa shape index (κ3) is 5.62. The van der Waals surface area contributed by atoms with Gasteiger partial charge in [-0.2, -0.15) is 5.26 Å². The standard InChI is InChI=1S/C18H22N4O3/c1-14(18(24)25)20-17(23)16(11-19)13-22-9-7-21(8-10-22)12-15-5-3-2-4-6-15/h2-6,13-14H,7-10,12H2,1H3,(H,20,23)(H,24,25)/b16-13-. The van der Waals surface area contributed by atoms with Gasteiger partial charge in [0.1, 0.15) is 17.7 Å². The summed E-state index contributed by atoms with van der Waals surface area (Å²) in [7, 11) is 0. The number of carboxylic acids is 1. The molecule has 1 unspecified atom stereocenters. The molecule has 0 aromatic heterocycles. The van der Waals surface area contributed by atoms with Crippen molar-refractivity contribution in [2.45, 2.75) is 19.5 Å². The van der Waals surface area contributed by atoms with Gasteiger partial charge < -0.3 is 15.3 Å². The Morgan fingerprint density at radius 3 is 2.48 bits per heavy atom. The predicted molar refractivity (Wildman–Crippen MR) is 92.2 cm³/mol. The number of carbonyl (C=O) groups excluding carboxylic acids is 1. The number of carbonyl (C=O) groups is 2. The van der Waals surface area contributed by atoms with Crippen LogP contribution in [-0.4, -0.2) is 59.0 Å². The van der Waals surface area contributed by atoms with Gasteiger partial charge in [-0.05, 0) is 12.5 Å². The maximum absolute atomic E-state index is 12.0. The molecule has 1 saturated heterocycles. The lowest BCUT2D eigenvalue weighted by molar-refractivity contribution is -0.140. The molecule has 0 radical (unpaired) electrons. The number of nitriles is 1. The van der Waals surface area contributed by atoms with Crippen LogP contribution >= 0.6 is 0 Å². The van der Waals surface area contributed by atoms with E-state index in [9.17, 15) is 9.59 Å². The third-order valence-corrected chi connectivity index (χ3v) is 4.05. The lowest BCUT2D eigenvalue weighted by atomic mass is 10.2. The molecule has 1 aliphatic rings. The van der Waals surface area contributed by atoms with E-state index in [4.69, 9.17) is 10.4 Å². The highest BCUT2D eigenvalue weighted by Crippen LogP contribution is 2.10. The zero-order chi connectivity index (χ0) is 18.2. The molecule has 7 nitrogen and oxygen atoms in total. The topological polar surface area (TPSA) is 96.7 Å². The lowest BCUT2D eigenvalue weighted by Gasteiger charge is -2.34. The highest BCUT2D eigenvalue weighted by molar-refractivity contribution is 5.99. The summed E-state index contributed by atoms with van der Waals surface area (Å²) in [5.74, 6) is -1.80. The van der Waals surface area contributed by atoms with Gasteiger partial charge in [-0.15, -0.1) is 0 Å². The highest BCUT2D eigenvalue weighted by Gasteiger charge is 2.20. The van der Waals surface area contributed by atoms with E-state index < -0.39 is 17.9 Å². The Labute approximate surface area is 147 Å². The number of benzene rings is 1. The molecule has 132 valence electrons. The number of carboxylic acid groups (broad SMARTS) is 1. The summed E-state index contributed by atoms with van der Waals surface area (Å²) in [6.07, 6.45) is 1.52. The molecule has 0 saturated carbocycles. The molecular formula is C18H22N4O3. The van der Waals surface area contributed by atoms with Crippen molar-refractivity contribution in [1.82, 2.24) is 15.1 Å². The van der Waals surface area contributed by atoms with Crippen molar-refractivity contribution >= 4 is 11.9 Å². The minimum Gasteiger partial charge on any atom is -0.480 e. The summed E-state index contributed by atoms with van der Waals surface area (Å²) in [5.41, 5.74) is 1.18. The minimum absolute atomic E-state index is 0.0791. The van der Waals surface area contributed by atoms with Gasteiger partial charge in [0.25, 0.3) is 5.91 Å². The average Bonchev–Trinajstić information content (AvgIpc) is 2.61. The zero-order valence-electron chi connectivity index (χ0n) is 14.2. The number of amides is 1. The molecule has 1 fully saturated rings. The number of hydrogen-bond donors (Lipinski definition) is 2. The molecule has 7 heteroatoms. The third-order valence-electron chi connectivity index (χ3n) is 4.05. The predicted octanol–water partition coefficient (Wildman–Crippen LogP) is 0.801. The summed E-state index contributed by atoms with van der Waals surface area (Å²) >= 11 is 0. The van der Waals surface area contributed by atoms with Crippen LogP contribution in [0.1, 0.15) is 12.5 Å². The van der Waals surface area contributed by atoms with E-state index in [1.807, 2.05) is 29.2 Å². The maximum Gasteiger partial charge on any atom is 0.325 e. The largest absolute Gasteiger partial charge is 0.480 e. The van der Waals surface area contributed by atoms with Crippen molar-refractivity contribution in [1.29, 1.82) is 5.26 Å². The minimum atomic E-state index is -1.14. The van der Waals surface area contributed by atoms with Crippen molar-refractivity contribution in [3.05, 3.63) is 47.7 Å². The molecule has 1 atom stereocenters. The second kappa shape index (κ2) is 8.85. The van der Waals surface area contributed by atoms with Crippen LogP contribution in [0.3, 0.4) is 0 Å². The Morgan fingerprint density at radius 1 is 1.28 bits per heavy atom. The number of nitrogens with one attached hydrogen (secondary N) is 1. The Morgan fingerprint density at radius 2 is 1.92 bits per heavy atom. The SMILES string of the molecule is CC(NC(=O)/C(C#N)=C\N1CCN(Cc2ccccc2)CC1)C(=O)O. The number of hydrogen-bond acceptors (Lipinski definition) is 5. The lowest BCUT2D eigenvalue weighted by Crippen LogP contribution is -2.44. The van der Waals surface area contributed by atoms with Gasteiger partial charge >= 0.3 is 5.97 Å². The van der Waals surface area contributed by atoms with E-state index in [0.717, 1.165) is 19.6 Å². The van der Waals surface area contributed by atoms with Gasteiger partial charge in [0.15, 0.2) is 0 Å².